The smallest absolute Gasteiger partial charge is 0.339 e. The van der Waals surface area contributed by atoms with Crippen LogP contribution in [-0.4, -0.2) is 44.4 Å². The summed E-state index contributed by atoms with van der Waals surface area (Å²) in [5.74, 6) is 0.275. The van der Waals surface area contributed by atoms with Gasteiger partial charge in [0.1, 0.15) is 17.2 Å². The minimum Gasteiger partial charge on any atom is -0.497 e. The van der Waals surface area contributed by atoms with Crippen LogP contribution in [0.15, 0.2) is 53.4 Å². The number of hydrogen-bond acceptors (Lipinski definition) is 5. The summed E-state index contributed by atoms with van der Waals surface area (Å²) < 4.78 is 32.2. The molecule has 160 valence electrons. The fourth-order valence-electron chi connectivity index (χ4n) is 3.13. The van der Waals surface area contributed by atoms with Crippen molar-refractivity contribution in [1.29, 1.82) is 0 Å². The number of carbonyl (C=O) groups is 2. The lowest BCUT2D eigenvalue weighted by molar-refractivity contribution is -0.120. The lowest BCUT2D eigenvalue weighted by atomic mass is 10.2. The van der Waals surface area contributed by atoms with Gasteiger partial charge in [-0.1, -0.05) is 31.2 Å². The van der Waals surface area contributed by atoms with Crippen molar-refractivity contribution in [3.63, 3.8) is 0 Å². The van der Waals surface area contributed by atoms with Crippen molar-refractivity contribution >= 4 is 27.6 Å². The van der Waals surface area contributed by atoms with Gasteiger partial charge >= 0.3 is 6.03 Å². The van der Waals surface area contributed by atoms with Crippen molar-refractivity contribution in [2.75, 3.05) is 18.6 Å². The topological polar surface area (TPSA) is 96.0 Å². The molecule has 8 nitrogen and oxygen atoms in total. The van der Waals surface area contributed by atoms with Crippen LogP contribution in [0, 0.1) is 0 Å². The Morgan fingerprint density at radius 1 is 1.13 bits per heavy atom. The summed E-state index contributed by atoms with van der Waals surface area (Å²) in [6.07, 6.45) is 0.744. The zero-order valence-electron chi connectivity index (χ0n) is 17.2. The molecule has 0 saturated carbocycles. The van der Waals surface area contributed by atoms with Gasteiger partial charge < -0.3 is 10.1 Å². The Balaban J connectivity index is 1.95. The van der Waals surface area contributed by atoms with Gasteiger partial charge in [0.05, 0.1) is 19.3 Å². The number of amides is 3. The minimum absolute atomic E-state index is 0.00514. The third-order valence-electron chi connectivity index (χ3n) is 4.98. The Bertz CT molecular complexity index is 1040. The predicted octanol–water partition coefficient (Wildman–Crippen LogP) is 2.74. The first kappa shape index (κ1) is 21.6. The number of hydrogen-bond donors (Lipinski definition) is 1. The number of nitrogens with zero attached hydrogens (tertiary/aromatic N) is 2. The largest absolute Gasteiger partial charge is 0.497 e. The van der Waals surface area contributed by atoms with E-state index in [2.05, 4.69) is 5.32 Å². The second-order valence-electron chi connectivity index (χ2n) is 7.07. The van der Waals surface area contributed by atoms with Gasteiger partial charge in [0, 0.05) is 6.04 Å². The minimum atomic E-state index is -4.06. The Hall–Kier alpha value is -3.07. The van der Waals surface area contributed by atoms with Gasteiger partial charge in [0.15, 0.2) is 0 Å². The summed E-state index contributed by atoms with van der Waals surface area (Å²) in [6.45, 7) is 3.39. The monoisotopic (exact) mass is 431 g/mol. The molecule has 3 amide bonds. The molecule has 0 aliphatic carbocycles. The van der Waals surface area contributed by atoms with E-state index < -0.39 is 16.1 Å². The molecule has 2 aromatic carbocycles. The van der Waals surface area contributed by atoms with Crippen molar-refractivity contribution in [3.8, 4) is 5.75 Å². The van der Waals surface area contributed by atoms with Gasteiger partial charge in [-0.05, 0) is 43.2 Å². The second-order valence-corrected chi connectivity index (χ2v) is 8.90. The number of carbonyl (C=O) groups excluding carboxylic acids is 2. The molecule has 1 unspecified atom stereocenters. The van der Waals surface area contributed by atoms with Gasteiger partial charge in [0.2, 0.25) is 5.91 Å². The van der Waals surface area contributed by atoms with Gasteiger partial charge in [-0.15, -0.1) is 0 Å². The number of benzene rings is 2. The first-order chi connectivity index (χ1) is 14.3. The quantitative estimate of drug-likeness (QED) is 0.727. The molecule has 30 heavy (non-hydrogen) atoms. The number of fused-ring (bicyclic) bond motifs is 1. The van der Waals surface area contributed by atoms with E-state index in [0.717, 1.165) is 10.7 Å². The molecule has 3 rings (SSSR count). The van der Waals surface area contributed by atoms with Crippen LogP contribution in [-0.2, 0) is 21.4 Å². The van der Waals surface area contributed by atoms with Crippen LogP contribution < -0.4 is 15.0 Å². The molecule has 1 atom stereocenters. The molecular formula is C21H25N3O5S. The highest BCUT2D eigenvalue weighted by molar-refractivity contribution is 7.90. The number of nitrogens with one attached hydrogen (secondary N) is 1. The van der Waals surface area contributed by atoms with E-state index >= 15 is 0 Å². The van der Waals surface area contributed by atoms with Gasteiger partial charge in [-0.3, -0.25) is 9.69 Å². The molecule has 1 aliphatic rings. The Labute approximate surface area is 176 Å². The van der Waals surface area contributed by atoms with Crippen LogP contribution in [0.3, 0.4) is 0 Å². The number of urea groups is 1. The highest BCUT2D eigenvalue weighted by Gasteiger charge is 2.42. The summed E-state index contributed by atoms with van der Waals surface area (Å²) in [6, 6.07) is 12.2. The van der Waals surface area contributed by atoms with Crippen LogP contribution in [0.1, 0.15) is 25.8 Å². The molecule has 9 heteroatoms. The number of para-hydroxylation sites is 1. The Kier molecular flexibility index (Phi) is 6.31. The fraction of sp³-hybridized carbons (Fsp3) is 0.333. The second kappa shape index (κ2) is 8.74. The SMILES string of the molecule is CCC(C)NC(=O)CN1C(=O)N(Cc2ccc(OC)cc2)S(=O)(=O)c2ccccc21. The first-order valence-electron chi connectivity index (χ1n) is 9.63. The lowest BCUT2D eigenvalue weighted by Crippen LogP contribution is -2.53. The van der Waals surface area contributed by atoms with E-state index in [4.69, 9.17) is 4.74 Å². The third-order valence-corrected chi connectivity index (χ3v) is 6.74. The molecule has 0 spiro atoms. The number of rotatable bonds is 7. The van der Waals surface area contributed by atoms with E-state index in [1.807, 2.05) is 13.8 Å². The molecule has 0 fully saturated rings. The first-order valence-corrected chi connectivity index (χ1v) is 11.1. The number of sulfonamides is 1. The lowest BCUT2D eigenvalue weighted by Gasteiger charge is -2.36. The summed E-state index contributed by atoms with van der Waals surface area (Å²) >= 11 is 0. The van der Waals surface area contributed by atoms with Crippen molar-refractivity contribution in [1.82, 2.24) is 9.62 Å². The van der Waals surface area contributed by atoms with E-state index in [9.17, 15) is 18.0 Å². The summed E-state index contributed by atoms with van der Waals surface area (Å²) in [7, 11) is -2.53. The van der Waals surface area contributed by atoms with E-state index in [0.29, 0.717) is 11.3 Å². The molecule has 0 radical (unpaired) electrons. The zero-order valence-corrected chi connectivity index (χ0v) is 18.0. The maximum absolute atomic E-state index is 13.2. The van der Waals surface area contributed by atoms with E-state index in [-0.39, 0.29) is 35.6 Å². The fourth-order valence-corrected chi connectivity index (χ4v) is 4.68. The molecule has 2 aromatic rings. The van der Waals surface area contributed by atoms with Crippen LogP contribution in [0.25, 0.3) is 0 Å². The third kappa shape index (κ3) is 4.25. The zero-order chi connectivity index (χ0) is 21.9. The Morgan fingerprint density at radius 3 is 2.43 bits per heavy atom. The average molecular weight is 432 g/mol. The van der Waals surface area contributed by atoms with Crippen molar-refractivity contribution < 1.29 is 22.7 Å². The molecule has 0 saturated heterocycles. The average Bonchev–Trinajstić information content (AvgIpc) is 2.74. The maximum Gasteiger partial charge on any atom is 0.339 e. The molecule has 0 bridgehead atoms. The van der Waals surface area contributed by atoms with Crippen molar-refractivity contribution in [2.45, 2.75) is 37.8 Å². The number of methoxy groups -OCH3 is 1. The molecule has 1 N–H and O–H groups in total. The molecule has 1 heterocycles. The summed E-state index contributed by atoms with van der Waals surface area (Å²) in [5.41, 5.74) is 0.823. The molecule has 1 aliphatic heterocycles. The van der Waals surface area contributed by atoms with Crippen molar-refractivity contribution in [3.05, 3.63) is 54.1 Å². The molecular weight excluding hydrogens is 406 g/mol. The number of anilines is 1. The summed E-state index contributed by atoms with van der Waals surface area (Å²) in [4.78, 5) is 26.8. The number of ether oxygens (including phenoxy) is 1. The van der Waals surface area contributed by atoms with E-state index in [1.54, 1.807) is 36.4 Å². The van der Waals surface area contributed by atoms with Gasteiger partial charge in [0.25, 0.3) is 10.0 Å². The normalized spacial score (nSPS) is 16.0. The summed E-state index contributed by atoms with van der Waals surface area (Å²) in [5, 5.41) is 2.81. The van der Waals surface area contributed by atoms with Crippen LogP contribution in [0.4, 0.5) is 10.5 Å². The van der Waals surface area contributed by atoms with E-state index in [1.165, 1.54) is 24.1 Å². The standard InChI is InChI=1S/C21H25N3O5S/c1-4-15(2)22-20(25)14-23-18-7-5-6-8-19(18)30(27,28)24(21(23)26)13-16-9-11-17(29-3)12-10-16/h5-12,15H,4,13-14H2,1-3H3,(H,22,25). The predicted molar refractivity (Wildman–Crippen MR) is 113 cm³/mol. The van der Waals surface area contributed by atoms with Gasteiger partial charge in [-0.25, -0.2) is 17.5 Å². The van der Waals surface area contributed by atoms with Gasteiger partial charge in [-0.2, -0.15) is 0 Å². The highest BCUT2D eigenvalue weighted by atomic mass is 32.2. The van der Waals surface area contributed by atoms with Crippen LogP contribution in [0.2, 0.25) is 0 Å². The van der Waals surface area contributed by atoms with Crippen LogP contribution >= 0.6 is 0 Å². The van der Waals surface area contributed by atoms with Crippen molar-refractivity contribution in [2.24, 2.45) is 0 Å². The molecule has 0 aromatic heterocycles. The Morgan fingerprint density at radius 2 is 1.80 bits per heavy atom. The maximum atomic E-state index is 13.2. The highest BCUT2D eigenvalue weighted by Crippen LogP contribution is 2.35. The van der Waals surface area contributed by atoms with Crippen LogP contribution in [0.5, 0.6) is 5.75 Å².